The molecule has 6 nitrogen and oxygen atoms in total. The van der Waals surface area contributed by atoms with Gasteiger partial charge in [-0.2, -0.15) is 13.2 Å². The molecule has 0 unspecified atom stereocenters. The van der Waals surface area contributed by atoms with Gasteiger partial charge in [0.1, 0.15) is 12.4 Å². The van der Waals surface area contributed by atoms with Crippen LogP contribution in [0.25, 0.3) is 0 Å². The summed E-state index contributed by atoms with van der Waals surface area (Å²) in [7, 11) is 0. The van der Waals surface area contributed by atoms with Crippen LogP contribution < -0.4 is 10.1 Å². The van der Waals surface area contributed by atoms with Crippen molar-refractivity contribution in [2.24, 2.45) is 0 Å². The van der Waals surface area contributed by atoms with E-state index in [2.05, 4.69) is 31.4 Å². The summed E-state index contributed by atoms with van der Waals surface area (Å²) in [6, 6.07) is 11.9. The molecule has 0 aliphatic carbocycles. The summed E-state index contributed by atoms with van der Waals surface area (Å²) in [5.74, 6) is 0.819. The smallest absolute Gasteiger partial charge is 0.416 e. The van der Waals surface area contributed by atoms with Crippen molar-refractivity contribution in [2.45, 2.75) is 31.4 Å². The van der Waals surface area contributed by atoms with Gasteiger partial charge < -0.3 is 14.6 Å². The number of thioether (sulfide) groups is 1. The molecule has 1 aromatic heterocycles. The number of carbonyl (C=O) groups is 1. The van der Waals surface area contributed by atoms with E-state index in [4.69, 9.17) is 4.74 Å². The maximum atomic E-state index is 12.8. The number of nitrogens with one attached hydrogen (secondary N) is 1. The third-order valence-corrected chi connectivity index (χ3v) is 5.59. The van der Waals surface area contributed by atoms with E-state index in [9.17, 15) is 18.0 Å². The van der Waals surface area contributed by atoms with Crippen LogP contribution in [0.15, 0.2) is 58.2 Å². The Hall–Kier alpha value is -2.53. The molecule has 0 saturated carbocycles. The Morgan fingerprint density at radius 2 is 1.94 bits per heavy atom. The average molecular weight is 515 g/mol. The van der Waals surface area contributed by atoms with Gasteiger partial charge in [0.25, 0.3) is 0 Å². The summed E-state index contributed by atoms with van der Waals surface area (Å²) in [6.45, 7) is 2.70. The van der Waals surface area contributed by atoms with Crippen LogP contribution in [0.4, 0.5) is 18.9 Å². The molecular weight excluding hydrogens is 497 g/mol. The van der Waals surface area contributed by atoms with E-state index in [1.807, 2.05) is 35.8 Å². The minimum Gasteiger partial charge on any atom is -0.486 e. The van der Waals surface area contributed by atoms with Gasteiger partial charge >= 0.3 is 6.18 Å². The van der Waals surface area contributed by atoms with Crippen molar-refractivity contribution in [3.05, 3.63) is 64.4 Å². The average Bonchev–Trinajstić information content (AvgIpc) is 3.13. The monoisotopic (exact) mass is 514 g/mol. The highest BCUT2D eigenvalue weighted by molar-refractivity contribution is 9.10. The first-order chi connectivity index (χ1) is 14.8. The molecule has 164 valence electrons. The molecule has 0 atom stereocenters. The lowest BCUT2D eigenvalue weighted by atomic mass is 10.2. The number of aromatic nitrogens is 3. The van der Waals surface area contributed by atoms with E-state index in [1.165, 1.54) is 12.1 Å². The Bertz CT molecular complexity index is 1040. The standard InChI is InChI=1S/C20H18BrF3N4O2S/c1-2-28-17(11-30-16-8-6-14(21)7-9-16)26-27-19(28)31-12-18(29)25-15-5-3-4-13(10-15)20(22,23)24/h3-10H,2,11-12H2,1H3,(H,25,29). The fourth-order valence-electron chi connectivity index (χ4n) is 2.63. The Kier molecular flexibility index (Phi) is 7.60. The molecule has 31 heavy (non-hydrogen) atoms. The first-order valence-electron chi connectivity index (χ1n) is 9.16. The Morgan fingerprint density at radius 3 is 2.61 bits per heavy atom. The molecule has 0 bridgehead atoms. The Labute approximate surface area is 189 Å². The summed E-state index contributed by atoms with van der Waals surface area (Å²) in [6.07, 6.45) is -4.47. The minimum absolute atomic E-state index is 0.0258. The number of carbonyl (C=O) groups excluding carboxylic acids is 1. The number of ether oxygens (including phenoxy) is 1. The molecule has 0 radical (unpaired) electrons. The summed E-state index contributed by atoms with van der Waals surface area (Å²) in [4.78, 5) is 12.2. The second-order valence-electron chi connectivity index (χ2n) is 6.30. The molecule has 0 aliphatic rings. The van der Waals surface area contributed by atoms with E-state index < -0.39 is 17.6 Å². The lowest BCUT2D eigenvalue weighted by Crippen LogP contribution is -2.15. The number of hydrogen-bond donors (Lipinski definition) is 1. The molecule has 1 heterocycles. The van der Waals surface area contributed by atoms with Gasteiger partial charge in [0, 0.05) is 16.7 Å². The number of rotatable bonds is 8. The van der Waals surface area contributed by atoms with Gasteiger partial charge in [-0.15, -0.1) is 10.2 Å². The first kappa shape index (κ1) is 23.1. The number of halogens is 4. The summed E-state index contributed by atoms with van der Waals surface area (Å²) in [5.41, 5.74) is -0.736. The lowest BCUT2D eigenvalue weighted by Gasteiger charge is -2.10. The van der Waals surface area contributed by atoms with Crippen LogP contribution in [0.2, 0.25) is 0 Å². The molecule has 2 aromatic carbocycles. The van der Waals surface area contributed by atoms with Crippen LogP contribution in [0.1, 0.15) is 18.3 Å². The minimum atomic E-state index is -4.47. The Morgan fingerprint density at radius 1 is 1.19 bits per heavy atom. The number of nitrogens with zero attached hydrogens (tertiary/aromatic N) is 3. The topological polar surface area (TPSA) is 69.0 Å². The van der Waals surface area contributed by atoms with Crippen LogP contribution in [0.5, 0.6) is 5.75 Å². The zero-order valence-electron chi connectivity index (χ0n) is 16.3. The van der Waals surface area contributed by atoms with Crippen molar-refractivity contribution < 1.29 is 22.7 Å². The van der Waals surface area contributed by atoms with Gasteiger partial charge in [0.15, 0.2) is 11.0 Å². The van der Waals surface area contributed by atoms with Crippen LogP contribution >= 0.6 is 27.7 Å². The molecule has 0 aliphatic heterocycles. The zero-order chi connectivity index (χ0) is 22.4. The largest absolute Gasteiger partial charge is 0.486 e. The van der Waals surface area contributed by atoms with E-state index in [1.54, 1.807) is 0 Å². The van der Waals surface area contributed by atoms with Crippen LogP contribution in [-0.4, -0.2) is 26.4 Å². The van der Waals surface area contributed by atoms with Gasteiger partial charge in [0.2, 0.25) is 5.91 Å². The van der Waals surface area contributed by atoms with E-state index in [0.29, 0.717) is 23.3 Å². The highest BCUT2D eigenvalue weighted by Crippen LogP contribution is 2.30. The second kappa shape index (κ2) is 10.2. The second-order valence-corrected chi connectivity index (χ2v) is 8.16. The van der Waals surface area contributed by atoms with E-state index >= 15 is 0 Å². The van der Waals surface area contributed by atoms with Gasteiger partial charge in [-0.3, -0.25) is 4.79 Å². The third-order valence-electron chi connectivity index (χ3n) is 4.10. The Balaban J connectivity index is 1.57. The van der Waals surface area contributed by atoms with Crippen molar-refractivity contribution in [3.8, 4) is 5.75 Å². The number of alkyl halides is 3. The molecule has 1 N–H and O–H groups in total. The predicted octanol–water partition coefficient (Wildman–Crippen LogP) is 5.39. The number of benzene rings is 2. The van der Waals surface area contributed by atoms with Gasteiger partial charge in [-0.1, -0.05) is 33.8 Å². The number of amides is 1. The fraction of sp³-hybridized carbons (Fsp3) is 0.250. The summed E-state index contributed by atoms with van der Waals surface area (Å²) < 4.78 is 46.9. The zero-order valence-corrected chi connectivity index (χ0v) is 18.7. The predicted molar refractivity (Wildman–Crippen MR) is 115 cm³/mol. The van der Waals surface area contributed by atoms with Crippen molar-refractivity contribution in [2.75, 3.05) is 11.1 Å². The molecule has 0 saturated heterocycles. The summed E-state index contributed by atoms with van der Waals surface area (Å²) in [5, 5.41) is 11.2. The quantitative estimate of drug-likeness (QED) is 0.408. The van der Waals surface area contributed by atoms with Crippen molar-refractivity contribution >= 4 is 39.3 Å². The maximum absolute atomic E-state index is 12.8. The molecule has 0 fully saturated rings. The SMILES string of the molecule is CCn1c(COc2ccc(Br)cc2)nnc1SCC(=O)Nc1cccc(C(F)(F)F)c1. The molecule has 3 aromatic rings. The van der Waals surface area contributed by atoms with E-state index in [-0.39, 0.29) is 18.0 Å². The van der Waals surface area contributed by atoms with Crippen LogP contribution in [-0.2, 0) is 24.1 Å². The van der Waals surface area contributed by atoms with Gasteiger partial charge in [-0.25, -0.2) is 0 Å². The van der Waals surface area contributed by atoms with E-state index in [0.717, 1.165) is 28.4 Å². The van der Waals surface area contributed by atoms with Crippen molar-refractivity contribution in [3.63, 3.8) is 0 Å². The van der Waals surface area contributed by atoms with Gasteiger partial charge in [-0.05, 0) is 49.4 Å². The molecule has 1 amide bonds. The van der Waals surface area contributed by atoms with Gasteiger partial charge in [0.05, 0.1) is 11.3 Å². The first-order valence-corrected chi connectivity index (χ1v) is 10.9. The van der Waals surface area contributed by atoms with Crippen molar-refractivity contribution in [1.82, 2.24) is 14.8 Å². The maximum Gasteiger partial charge on any atom is 0.416 e. The molecule has 0 spiro atoms. The number of anilines is 1. The lowest BCUT2D eigenvalue weighted by molar-refractivity contribution is -0.137. The normalized spacial score (nSPS) is 11.4. The summed E-state index contributed by atoms with van der Waals surface area (Å²) >= 11 is 4.51. The van der Waals surface area contributed by atoms with Crippen LogP contribution in [0, 0.1) is 0 Å². The fourth-order valence-corrected chi connectivity index (χ4v) is 3.71. The third kappa shape index (κ3) is 6.47. The molecule has 11 heteroatoms. The highest BCUT2D eigenvalue weighted by Gasteiger charge is 2.30. The van der Waals surface area contributed by atoms with Crippen LogP contribution in [0.3, 0.4) is 0 Å². The number of hydrogen-bond acceptors (Lipinski definition) is 5. The van der Waals surface area contributed by atoms with Crippen molar-refractivity contribution in [1.29, 1.82) is 0 Å². The highest BCUT2D eigenvalue weighted by atomic mass is 79.9. The molecular formula is C20H18BrF3N4O2S. The molecule has 3 rings (SSSR count).